The summed E-state index contributed by atoms with van der Waals surface area (Å²) in [6.45, 7) is 1.35. The lowest BCUT2D eigenvalue weighted by Crippen LogP contribution is -2.24. The standard InChI is InChI=1S/C15H22N2O3/c1-17(2)11-12-6-8-13(9-7-12)15(20)16-10-4-3-5-14(18)19/h6-9H,3-5,10-11H2,1-2H3,(H,16,20)(H,18,19). The lowest BCUT2D eigenvalue weighted by atomic mass is 10.1. The molecule has 0 aliphatic heterocycles. The third-order valence-corrected chi connectivity index (χ3v) is 2.82. The van der Waals surface area contributed by atoms with E-state index in [1.807, 2.05) is 38.4 Å². The number of hydrogen-bond acceptors (Lipinski definition) is 3. The quantitative estimate of drug-likeness (QED) is 0.711. The van der Waals surface area contributed by atoms with E-state index < -0.39 is 5.97 Å². The van der Waals surface area contributed by atoms with E-state index in [4.69, 9.17) is 5.11 Å². The van der Waals surface area contributed by atoms with Crippen LogP contribution in [0.15, 0.2) is 24.3 Å². The zero-order valence-electron chi connectivity index (χ0n) is 12.1. The maximum Gasteiger partial charge on any atom is 0.303 e. The highest BCUT2D eigenvalue weighted by Crippen LogP contribution is 2.06. The number of carbonyl (C=O) groups is 2. The van der Waals surface area contributed by atoms with Gasteiger partial charge in [-0.05, 0) is 44.6 Å². The van der Waals surface area contributed by atoms with Gasteiger partial charge >= 0.3 is 5.97 Å². The SMILES string of the molecule is CN(C)Cc1ccc(C(=O)NCCCCC(=O)O)cc1. The van der Waals surface area contributed by atoms with Gasteiger partial charge in [-0.1, -0.05) is 12.1 Å². The van der Waals surface area contributed by atoms with Gasteiger partial charge in [0.2, 0.25) is 0 Å². The van der Waals surface area contributed by atoms with Crippen molar-refractivity contribution in [2.75, 3.05) is 20.6 Å². The second-order valence-corrected chi connectivity index (χ2v) is 5.04. The highest BCUT2D eigenvalue weighted by Gasteiger charge is 2.05. The van der Waals surface area contributed by atoms with Gasteiger partial charge in [0.15, 0.2) is 0 Å². The first kappa shape index (κ1) is 16.2. The molecule has 1 rings (SSSR count). The van der Waals surface area contributed by atoms with E-state index >= 15 is 0 Å². The first-order valence-corrected chi connectivity index (χ1v) is 6.72. The molecule has 0 aromatic heterocycles. The molecular formula is C15H22N2O3. The Balaban J connectivity index is 2.34. The minimum Gasteiger partial charge on any atom is -0.481 e. The van der Waals surface area contributed by atoms with Crippen LogP contribution in [0.25, 0.3) is 0 Å². The van der Waals surface area contributed by atoms with Crippen molar-refractivity contribution in [2.45, 2.75) is 25.8 Å². The number of rotatable bonds is 8. The maximum absolute atomic E-state index is 11.8. The fourth-order valence-corrected chi connectivity index (χ4v) is 1.83. The molecule has 0 bridgehead atoms. The molecule has 0 saturated carbocycles. The molecule has 110 valence electrons. The number of unbranched alkanes of at least 4 members (excludes halogenated alkanes) is 1. The minimum atomic E-state index is -0.798. The summed E-state index contributed by atoms with van der Waals surface area (Å²) in [4.78, 5) is 24.2. The van der Waals surface area contributed by atoms with Gasteiger partial charge in [-0.2, -0.15) is 0 Å². The Morgan fingerprint density at radius 1 is 1.15 bits per heavy atom. The Hall–Kier alpha value is -1.88. The molecule has 20 heavy (non-hydrogen) atoms. The van der Waals surface area contributed by atoms with Gasteiger partial charge in [-0.15, -0.1) is 0 Å². The van der Waals surface area contributed by atoms with Gasteiger partial charge in [0.05, 0.1) is 0 Å². The summed E-state index contributed by atoms with van der Waals surface area (Å²) < 4.78 is 0. The fraction of sp³-hybridized carbons (Fsp3) is 0.467. The third kappa shape index (κ3) is 6.33. The molecule has 1 amide bonds. The molecule has 5 heteroatoms. The number of nitrogens with zero attached hydrogens (tertiary/aromatic N) is 1. The summed E-state index contributed by atoms with van der Waals surface area (Å²) >= 11 is 0. The molecule has 0 aliphatic carbocycles. The first-order valence-electron chi connectivity index (χ1n) is 6.72. The van der Waals surface area contributed by atoms with Crippen molar-refractivity contribution in [3.8, 4) is 0 Å². The summed E-state index contributed by atoms with van der Waals surface area (Å²) in [5.74, 6) is -0.912. The largest absolute Gasteiger partial charge is 0.481 e. The lowest BCUT2D eigenvalue weighted by Gasteiger charge is -2.10. The molecule has 0 heterocycles. The van der Waals surface area contributed by atoms with Crippen molar-refractivity contribution in [1.82, 2.24) is 10.2 Å². The number of carboxylic acid groups (broad SMARTS) is 1. The molecule has 0 unspecified atom stereocenters. The van der Waals surface area contributed by atoms with Crippen LogP contribution in [0.1, 0.15) is 35.2 Å². The predicted molar refractivity (Wildman–Crippen MR) is 77.7 cm³/mol. The van der Waals surface area contributed by atoms with Crippen LogP contribution in [0.4, 0.5) is 0 Å². The normalized spacial score (nSPS) is 10.6. The van der Waals surface area contributed by atoms with Crippen molar-refractivity contribution >= 4 is 11.9 Å². The fourth-order valence-electron chi connectivity index (χ4n) is 1.83. The van der Waals surface area contributed by atoms with Crippen LogP contribution >= 0.6 is 0 Å². The van der Waals surface area contributed by atoms with Crippen molar-refractivity contribution < 1.29 is 14.7 Å². The molecule has 0 spiro atoms. The molecule has 0 atom stereocenters. The molecule has 0 saturated heterocycles. The summed E-state index contributed by atoms with van der Waals surface area (Å²) in [5.41, 5.74) is 1.79. The van der Waals surface area contributed by atoms with E-state index in [1.54, 1.807) is 0 Å². The summed E-state index contributed by atoms with van der Waals surface area (Å²) in [6.07, 6.45) is 1.41. The van der Waals surface area contributed by atoms with E-state index in [1.165, 1.54) is 0 Å². The second kappa shape index (κ2) is 8.32. The van der Waals surface area contributed by atoms with Crippen LogP contribution in [-0.4, -0.2) is 42.5 Å². The topological polar surface area (TPSA) is 69.6 Å². The van der Waals surface area contributed by atoms with Crippen LogP contribution < -0.4 is 5.32 Å². The molecule has 0 radical (unpaired) electrons. The van der Waals surface area contributed by atoms with Crippen molar-refractivity contribution in [1.29, 1.82) is 0 Å². The van der Waals surface area contributed by atoms with Gasteiger partial charge in [0, 0.05) is 25.1 Å². The number of benzene rings is 1. The average Bonchev–Trinajstić information content (AvgIpc) is 2.38. The Bertz CT molecular complexity index is 441. The zero-order valence-corrected chi connectivity index (χ0v) is 12.1. The molecule has 0 fully saturated rings. The van der Waals surface area contributed by atoms with E-state index in [-0.39, 0.29) is 12.3 Å². The molecule has 1 aromatic carbocycles. The number of hydrogen-bond donors (Lipinski definition) is 2. The maximum atomic E-state index is 11.8. The average molecular weight is 278 g/mol. The van der Waals surface area contributed by atoms with Crippen LogP contribution in [-0.2, 0) is 11.3 Å². The van der Waals surface area contributed by atoms with Gasteiger partial charge < -0.3 is 15.3 Å². The number of amides is 1. The summed E-state index contributed by atoms with van der Waals surface area (Å²) in [5, 5.41) is 11.3. The molecule has 1 aromatic rings. The zero-order chi connectivity index (χ0) is 15.0. The number of nitrogens with one attached hydrogen (secondary N) is 1. The Labute approximate surface area is 119 Å². The Morgan fingerprint density at radius 3 is 2.35 bits per heavy atom. The van der Waals surface area contributed by atoms with Gasteiger partial charge in [-0.25, -0.2) is 0 Å². The van der Waals surface area contributed by atoms with Crippen molar-refractivity contribution in [3.63, 3.8) is 0 Å². The van der Waals surface area contributed by atoms with Gasteiger partial charge in [0.25, 0.3) is 5.91 Å². The van der Waals surface area contributed by atoms with Crippen LogP contribution in [0.3, 0.4) is 0 Å². The van der Waals surface area contributed by atoms with Crippen molar-refractivity contribution in [3.05, 3.63) is 35.4 Å². The van der Waals surface area contributed by atoms with Gasteiger partial charge in [-0.3, -0.25) is 9.59 Å². The van der Waals surface area contributed by atoms with Crippen LogP contribution in [0.5, 0.6) is 0 Å². The Kier molecular flexibility index (Phi) is 6.73. The molecule has 5 nitrogen and oxygen atoms in total. The van der Waals surface area contributed by atoms with Crippen LogP contribution in [0.2, 0.25) is 0 Å². The van der Waals surface area contributed by atoms with E-state index in [0.717, 1.165) is 12.1 Å². The molecular weight excluding hydrogens is 256 g/mol. The highest BCUT2D eigenvalue weighted by molar-refractivity contribution is 5.94. The monoisotopic (exact) mass is 278 g/mol. The number of carboxylic acids is 1. The van der Waals surface area contributed by atoms with Crippen LogP contribution in [0, 0.1) is 0 Å². The number of aliphatic carboxylic acids is 1. The predicted octanol–water partition coefficient (Wildman–Crippen LogP) is 1.73. The smallest absolute Gasteiger partial charge is 0.303 e. The van der Waals surface area contributed by atoms with Gasteiger partial charge in [0.1, 0.15) is 0 Å². The number of carbonyl (C=O) groups excluding carboxylic acids is 1. The lowest BCUT2D eigenvalue weighted by molar-refractivity contribution is -0.137. The van der Waals surface area contributed by atoms with E-state index in [0.29, 0.717) is 24.9 Å². The minimum absolute atomic E-state index is 0.114. The highest BCUT2D eigenvalue weighted by atomic mass is 16.4. The summed E-state index contributed by atoms with van der Waals surface area (Å²) in [6, 6.07) is 7.51. The third-order valence-electron chi connectivity index (χ3n) is 2.82. The van der Waals surface area contributed by atoms with E-state index in [2.05, 4.69) is 10.2 Å². The Morgan fingerprint density at radius 2 is 1.80 bits per heavy atom. The first-order chi connectivity index (χ1) is 9.49. The molecule has 0 aliphatic rings. The molecule has 2 N–H and O–H groups in total. The van der Waals surface area contributed by atoms with E-state index in [9.17, 15) is 9.59 Å². The van der Waals surface area contributed by atoms with Crippen molar-refractivity contribution in [2.24, 2.45) is 0 Å². The second-order valence-electron chi connectivity index (χ2n) is 5.04. The summed E-state index contributed by atoms with van der Waals surface area (Å²) in [7, 11) is 4.00.